The van der Waals surface area contributed by atoms with Crippen LogP contribution in [0.4, 0.5) is 11.5 Å². The molecule has 1 aromatic carbocycles. The average Bonchev–Trinajstić information content (AvgIpc) is 2.42. The standard InChI is InChI=1S/C13H14ClN3O/c1-2-17-8-7-15-12(13(17)18)16-11-5-3-10(9-14)4-6-11/h3-8H,2,9H2,1H3,(H,15,16). The van der Waals surface area contributed by atoms with Gasteiger partial charge in [-0.3, -0.25) is 4.79 Å². The smallest absolute Gasteiger partial charge is 0.293 e. The Kier molecular flexibility index (Phi) is 3.99. The number of aryl methyl sites for hydroxylation is 1. The van der Waals surface area contributed by atoms with E-state index >= 15 is 0 Å². The fraction of sp³-hybridized carbons (Fsp3) is 0.231. The van der Waals surface area contributed by atoms with Gasteiger partial charge in [-0.1, -0.05) is 12.1 Å². The Balaban J connectivity index is 2.25. The number of aromatic nitrogens is 2. The predicted octanol–water partition coefficient (Wildman–Crippen LogP) is 2.75. The third-order valence-electron chi connectivity index (χ3n) is 2.63. The second-order valence-electron chi connectivity index (χ2n) is 3.82. The second-order valence-corrected chi connectivity index (χ2v) is 4.09. The van der Waals surface area contributed by atoms with Crippen LogP contribution in [-0.2, 0) is 12.4 Å². The van der Waals surface area contributed by atoms with Crippen molar-refractivity contribution in [2.75, 3.05) is 5.32 Å². The van der Waals surface area contributed by atoms with E-state index in [0.29, 0.717) is 18.2 Å². The van der Waals surface area contributed by atoms with Gasteiger partial charge in [0.15, 0.2) is 5.82 Å². The first kappa shape index (κ1) is 12.6. The monoisotopic (exact) mass is 263 g/mol. The van der Waals surface area contributed by atoms with Crippen molar-refractivity contribution in [1.29, 1.82) is 0 Å². The van der Waals surface area contributed by atoms with E-state index in [2.05, 4.69) is 10.3 Å². The number of halogens is 1. The molecule has 5 heteroatoms. The number of hydrogen-bond donors (Lipinski definition) is 1. The molecule has 2 rings (SSSR count). The summed E-state index contributed by atoms with van der Waals surface area (Å²) in [6, 6.07) is 7.58. The maximum absolute atomic E-state index is 11.9. The van der Waals surface area contributed by atoms with Crippen LogP contribution in [0.25, 0.3) is 0 Å². The highest BCUT2D eigenvalue weighted by atomic mass is 35.5. The zero-order chi connectivity index (χ0) is 13.0. The maximum Gasteiger partial charge on any atom is 0.293 e. The molecule has 1 N–H and O–H groups in total. The number of nitrogens with zero attached hydrogens (tertiary/aromatic N) is 2. The molecule has 0 aliphatic heterocycles. The summed E-state index contributed by atoms with van der Waals surface area (Å²) in [4.78, 5) is 16.0. The van der Waals surface area contributed by atoms with Crippen molar-refractivity contribution in [3.05, 3.63) is 52.6 Å². The quantitative estimate of drug-likeness (QED) is 0.863. The number of nitrogens with one attached hydrogen (secondary N) is 1. The Morgan fingerprint density at radius 2 is 2.06 bits per heavy atom. The summed E-state index contributed by atoms with van der Waals surface area (Å²) in [5.41, 5.74) is 1.73. The molecule has 1 aromatic heterocycles. The van der Waals surface area contributed by atoms with Crippen molar-refractivity contribution in [1.82, 2.24) is 9.55 Å². The lowest BCUT2D eigenvalue weighted by Gasteiger charge is -2.07. The van der Waals surface area contributed by atoms with Gasteiger partial charge in [-0.2, -0.15) is 0 Å². The van der Waals surface area contributed by atoms with E-state index in [4.69, 9.17) is 11.6 Å². The van der Waals surface area contributed by atoms with Crippen LogP contribution in [0.3, 0.4) is 0 Å². The van der Waals surface area contributed by atoms with Gasteiger partial charge >= 0.3 is 0 Å². The van der Waals surface area contributed by atoms with Crippen LogP contribution in [0.15, 0.2) is 41.5 Å². The van der Waals surface area contributed by atoms with E-state index < -0.39 is 0 Å². The summed E-state index contributed by atoms with van der Waals surface area (Å²) in [6.07, 6.45) is 3.28. The summed E-state index contributed by atoms with van der Waals surface area (Å²) >= 11 is 5.72. The minimum absolute atomic E-state index is 0.124. The molecule has 0 aliphatic rings. The van der Waals surface area contributed by atoms with Gasteiger partial charge in [0, 0.05) is 30.5 Å². The highest BCUT2D eigenvalue weighted by Crippen LogP contribution is 2.13. The van der Waals surface area contributed by atoms with Crippen LogP contribution in [0.2, 0.25) is 0 Å². The van der Waals surface area contributed by atoms with Gasteiger partial charge in [-0.15, -0.1) is 11.6 Å². The number of hydrogen-bond acceptors (Lipinski definition) is 3. The molecule has 4 nitrogen and oxygen atoms in total. The normalized spacial score (nSPS) is 10.3. The second kappa shape index (κ2) is 5.69. The van der Waals surface area contributed by atoms with Crippen molar-refractivity contribution in [3.8, 4) is 0 Å². The van der Waals surface area contributed by atoms with Gasteiger partial charge in [0.2, 0.25) is 0 Å². The summed E-state index contributed by atoms with van der Waals surface area (Å²) in [5.74, 6) is 0.810. The molecule has 0 aliphatic carbocycles. The number of benzene rings is 1. The molecule has 1 heterocycles. The molecule has 0 saturated carbocycles. The van der Waals surface area contributed by atoms with Crippen LogP contribution in [0.1, 0.15) is 12.5 Å². The molecular weight excluding hydrogens is 250 g/mol. The molecule has 0 saturated heterocycles. The lowest BCUT2D eigenvalue weighted by molar-refractivity contribution is 0.720. The molecular formula is C13H14ClN3O. The van der Waals surface area contributed by atoms with Crippen LogP contribution < -0.4 is 10.9 Å². The Hall–Kier alpha value is -1.81. The van der Waals surface area contributed by atoms with Crippen molar-refractivity contribution >= 4 is 23.1 Å². The highest BCUT2D eigenvalue weighted by Gasteiger charge is 2.03. The zero-order valence-corrected chi connectivity index (χ0v) is 10.8. The Bertz CT molecular complexity index is 578. The third kappa shape index (κ3) is 2.71. The van der Waals surface area contributed by atoms with E-state index in [1.807, 2.05) is 31.2 Å². The number of alkyl halides is 1. The Morgan fingerprint density at radius 1 is 1.33 bits per heavy atom. The summed E-state index contributed by atoms with van der Waals surface area (Å²) < 4.78 is 1.60. The van der Waals surface area contributed by atoms with E-state index in [1.54, 1.807) is 17.0 Å². The fourth-order valence-electron chi connectivity index (χ4n) is 1.60. The molecule has 0 unspecified atom stereocenters. The van der Waals surface area contributed by atoms with E-state index in [9.17, 15) is 4.79 Å². The molecule has 0 bridgehead atoms. The molecule has 2 aromatic rings. The van der Waals surface area contributed by atoms with Gasteiger partial charge in [0.1, 0.15) is 0 Å². The molecule has 0 spiro atoms. The lowest BCUT2D eigenvalue weighted by Crippen LogP contribution is -2.22. The first-order chi connectivity index (χ1) is 8.74. The van der Waals surface area contributed by atoms with Crippen LogP contribution in [0, 0.1) is 0 Å². The zero-order valence-electron chi connectivity index (χ0n) is 10.1. The number of anilines is 2. The third-order valence-corrected chi connectivity index (χ3v) is 2.93. The lowest BCUT2D eigenvalue weighted by atomic mass is 10.2. The predicted molar refractivity (Wildman–Crippen MR) is 73.5 cm³/mol. The van der Waals surface area contributed by atoms with E-state index in [0.717, 1.165) is 11.3 Å². The van der Waals surface area contributed by atoms with Crippen molar-refractivity contribution < 1.29 is 0 Å². The topological polar surface area (TPSA) is 46.9 Å². The van der Waals surface area contributed by atoms with Crippen molar-refractivity contribution in [2.45, 2.75) is 19.3 Å². The van der Waals surface area contributed by atoms with E-state index in [1.165, 1.54) is 0 Å². The SMILES string of the molecule is CCn1ccnc(Nc2ccc(CCl)cc2)c1=O. The minimum atomic E-state index is -0.124. The van der Waals surface area contributed by atoms with Crippen LogP contribution in [0.5, 0.6) is 0 Å². The van der Waals surface area contributed by atoms with Crippen LogP contribution >= 0.6 is 11.6 Å². The summed E-state index contributed by atoms with van der Waals surface area (Å²) in [6.45, 7) is 2.54. The molecule has 94 valence electrons. The highest BCUT2D eigenvalue weighted by molar-refractivity contribution is 6.17. The van der Waals surface area contributed by atoms with E-state index in [-0.39, 0.29) is 5.56 Å². The average molecular weight is 264 g/mol. The Labute approximate surface area is 110 Å². The molecule has 0 amide bonds. The molecule has 0 radical (unpaired) electrons. The Morgan fingerprint density at radius 3 is 2.67 bits per heavy atom. The maximum atomic E-state index is 11.9. The first-order valence-corrected chi connectivity index (χ1v) is 6.25. The van der Waals surface area contributed by atoms with Crippen LogP contribution in [-0.4, -0.2) is 9.55 Å². The molecule has 18 heavy (non-hydrogen) atoms. The minimum Gasteiger partial charge on any atom is -0.336 e. The van der Waals surface area contributed by atoms with Crippen molar-refractivity contribution in [3.63, 3.8) is 0 Å². The summed E-state index contributed by atoms with van der Waals surface area (Å²) in [5, 5.41) is 3.01. The number of rotatable bonds is 4. The first-order valence-electron chi connectivity index (χ1n) is 5.72. The summed E-state index contributed by atoms with van der Waals surface area (Å²) in [7, 11) is 0. The van der Waals surface area contributed by atoms with Crippen molar-refractivity contribution in [2.24, 2.45) is 0 Å². The van der Waals surface area contributed by atoms with Gasteiger partial charge < -0.3 is 9.88 Å². The molecule has 0 atom stereocenters. The van der Waals surface area contributed by atoms with Gasteiger partial charge in [0.25, 0.3) is 5.56 Å². The van der Waals surface area contributed by atoms with Gasteiger partial charge in [-0.05, 0) is 24.6 Å². The fourth-order valence-corrected chi connectivity index (χ4v) is 1.77. The van der Waals surface area contributed by atoms with Gasteiger partial charge in [-0.25, -0.2) is 4.98 Å². The molecule has 0 fully saturated rings. The van der Waals surface area contributed by atoms with Gasteiger partial charge in [0.05, 0.1) is 0 Å². The largest absolute Gasteiger partial charge is 0.336 e.